The highest BCUT2D eigenvalue weighted by Gasteiger charge is 2.57. The molecule has 0 N–H and O–H groups in total. The Morgan fingerprint density at radius 2 is 2.15 bits per heavy atom. The number of allylic oxidation sites excluding steroid dienone is 4. The summed E-state index contributed by atoms with van der Waals surface area (Å²) in [6.45, 7) is 3.41. The zero-order chi connectivity index (χ0) is 19.2. The van der Waals surface area contributed by atoms with E-state index in [1.54, 1.807) is 0 Å². The van der Waals surface area contributed by atoms with Gasteiger partial charge in [-0.05, 0) is 38.2 Å². The third-order valence-electron chi connectivity index (χ3n) is 5.55. The summed E-state index contributed by atoms with van der Waals surface area (Å²) in [5.74, 6) is 0.438. The maximum atomic E-state index is 11.6. The number of cyclic esters (lactones) is 1. The van der Waals surface area contributed by atoms with Gasteiger partial charge in [-0.1, -0.05) is 37.3 Å². The maximum Gasteiger partial charge on any atom is 0.306 e. The summed E-state index contributed by atoms with van der Waals surface area (Å²) in [4.78, 5) is 22.6. The van der Waals surface area contributed by atoms with Crippen molar-refractivity contribution in [2.24, 2.45) is 11.8 Å². The van der Waals surface area contributed by atoms with E-state index in [9.17, 15) is 9.59 Å². The molecule has 0 aromatic heterocycles. The van der Waals surface area contributed by atoms with Gasteiger partial charge in [0.1, 0.15) is 12.2 Å². The third-order valence-corrected chi connectivity index (χ3v) is 5.55. The predicted octanol–water partition coefficient (Wildman–Crippen LogP) is 3.89. The molecule has 0 aromatic rings. The fourth-order valence-corrected chi connectivity index (χ4v) is 4.17. The average Bonchev–Trinajstić information content (AvgIpc) is 3.32. The van der Waals surface area contributed by atoms with Gasteiger partial charge in [-0.25, -0.2) is 0 Å². The molecule has 0 radical (unpaired) electrons. The van der Waals surface area contributed by atoms with Gasteiger partial charge in [0.05, 0.1) is 12.2 Å². The minimum Gasteiger partial charge on any atom is -0.462 e. The molecule has 1 aliphatic carbocycles. The number of ether oxygens (including phenoxy) is 3. The van der Waals surface area contributed by atoms with E-state index < -0.39 is 0 Å². The summed E-state index contributed by atoms with van der Waals surface area (Å²) in [5.41, 5.74) is 0. The van der Waals surface area contributed by atoms with Crippen molar-refractivity contribution < 1.29 is 23.8 Å². The molecule has 5 heteroatoms. The number of esters is 2. The molecule has 6 unspecified atom stereocenters. The van der Waals surface area contributed by atoms with Crippen LogP contribution in [-0.4, -0.2) is 36.4 Å². The lowest BCUT2D eigenvalue weighted by atomic mass is 9.85. The van der Waals surface area contributed by atoms with Crippen molar-refractivity contribution in [1.29, 1.82) is 0 Å². The van der Waals surface area contributed by atoms with Gasteiger partial charge < -0.3 is 14.2 Å². The highest BCUT2D eigenvalue weighted by molar-refractivity contribution is 5.70. The predicted molar refractivity (Wildman–Crippen MR) is 102 cm³/mol. The van der Waals surface area contributed by atoms with Crippen molar-refractivity contribution in [1.82, 2.24) is 0 Å². The number of carbonyl (C=O) groups is 2. The molecule has 0 spiro atoms. The van der Waals surface area contributed by atoms with Crippen LogP contribution in [0.25, 0.3) is 0 Å². The molecule has 5 nitrogen and oxygen atoms in total. The Morgan fingerprint density at radius 1 is 1.30 bits per heavy atom. The first kappa shape index (κ1) is 19.9. The van der Waals surface area contributed by atoms with Crippen LogP contribution in [0.2, 0.25) is 0 Å². The highest BCUT2D eigenvalue weighted by atomic mass is 16.6. The van der Waals surface area contributed by atoms with E-state index >= 15 is 0 Å². The van der Waals surface area contributed by atoms with E-state index in [1.165, 1.54) is 6.92 Å². The Kier molecular flexibility index (Phi) is 6.89. The van der Waals surface area contributed by atoms with Gasteiger partial charge in [0.15, 0.2) is 0 Å². The van der Waals surface area contributed by atoms with Crippen LogP contribution in [0.15, 0.2) is 36.5 Å². The minimum absolute atomic E-state index is 0.0515. The van der Waals surface area contributed by atoms with Gasteiger partial charge in [-0.2, -0.15) is 0 Å². The fraction of sp³-hybridized carbons (Fsp3) is 0.636. The molecule has 2 aliphatic heterocycles. The van der Waals surface area contributed by atoms with E-state index in [-0.39, 0.29) is 24.1 Å². The number of fused-ring (bicyclic) bond motifs is 1. The Labute approximate surface area is 161 Å². The van der Waals surface area contributed by atoms with Gasteiger partial charge in [0.2, 0.25) is 0 Å². The highest BCUT2D eigenvalue weighted by Crippen LogP contribution is 2.50. The van der Waals surface area contributed by atoms with Crippen LogP contribution in [0.4, 0.5) is 0 Å². The first-order valence-corrected chi connectivity index (χ1v) is 10.1. The normalized spacial score (nSPS) is 34.1. The first-order valence-electron chi connectivity index (χ1n) is 10.1. The molecule has 0 aromatic carbocycles. The Bertz CT molecular complexity index is 620. The first-order chi connectivity index (χ1) is 13.1. The summed E-state index contributed by atoms with van der Waals surface area (Å²) in [5, 5.41) is 0. The van der Waals surface area contributed by atoms with Crippen LogP contribution in [0, 0.1) is 11.8 Å². The molecule has 6 atom stereocenters. The molecule has 3 fully saturated rings. The van der Waals surface area contributed by atoms with E-state index in [2.05, 4.69) is 18.2 Å². The van der Waals surface area contributed by atoms with Crippen LogP contribution in [-0.2, 0) is 23.8 Å². The van der Waals surface area contributed by atoms with Gasteiger partial charge in [0.25, 0.3) is 0 Å². The van der Waals surface area contributed by atoms with E-state index in [0.717, 1.165) is 32.1 Å². The number of epoxide rings is 1. The van der Waals surface area contributed by atoms with Gasteiger partial charge in [-0.15, -0.1) is 0 Å². The second kappa shape index (κ2) is 9.36. The minimum atomic E-state index is -0.256. The summed E-state index contributed by atoms with van der Waals surface area (Å²) in [6.07, 6.45) is 17.9. The molecule has 2 saturated heterocycles. The number of carbonyl (C=O) groups excluding carboxylic acids is 2. The van der Waals surface area contributed by atoms with Crippen molar-refractivity contribution in [2.45, 2.75) is 76.8 Å². The molecule has 3 rings (SSSR count). The molecular weight excluding hydrogens is 344 g/mol. The van der Waals surface area contributed by atoms with Gasteiger partial charge in [-0.3, -0.25) is 9.59 Å². The van der Waals surface area contributed by atoms with Crippen LogP contribution in [0.5, 0.6) is 0 Å². The zero-order valence-electron chi connectivity index (χ0n) is 16.2. The topological polar surface area (TPSA) is 65.1 Å². The lowest BCUT2D eigenvalue weighted by molar-refractivity contribution is -0.158. The van der Waals surface area contributed by atoms with E-state index in [1.807, 2.05) is 25.2 Å². The van der Waals surface area contributed by atoms with E-state index in [4.69, 9.17) is 14.2 Å². The van der Waals surface area contributed by atoms with Crippen LogP contribution < -0.4 is 0 Å². The standard InChI is InChI=1S/C22H30O5/c1-3-16(25-15(2)23)10-7-5-4-6-8-11-17-18(14-20-22(17)27-20)19-12-9-13-21(24)26-19/h4-5,7-8,10-11,16-20,22H,3,6,9,12-14H2,1-2H3/b5-4-,10-7+,11-8+. The molecule has 1 saturated carbocycles. The fourth-order valence-electron chi connectivity index (χ4n) is 4.17. The summed E-state index contributed by atoms with van der Waals surface area (Å²) >= 11 is 0. The molecule has 27 heavy (non-hydrogen) atoms. The second-order valence-corrected chi connectivity index (χ2v) is 7.57. The quantitative estimate of drug-likeness (QED) is 0.279. The summed E-state index contributed by atoms with van der Waals surface area (Å²) in [7, 11) is 0. The molecule has 3 aliphatic rings. The SMILES string of the molecule is CCC(/C=C/C=C\C/C=C/C1C(C2CCCC(=O)O2)CC2OC21)OC(C)=O. The molecular formula is C22H30O5. The van der Waals surface area contributed by atoms with Crippen molar-refractivity contribution in [3.8, 4) is 0 Å². The van der Waals surface area contributed by atoms with Crippen molar-refractivity contribution in [2.75, 3.05) is 0 Å². The van der Waals surface area contributed by atoms with Crippen molar-refractivity contribution in [3.63, 3.8) is 0 Å². The van der Waals surface area contributed by atoms with E-state index in [0.29, 0.717) is 30.5 Å². The Balaban J connectivity index is 1.45. The van der Waals surface area contributed by atoms with Gasteiger partial charge in [0, 0.05) is 25.2 Å². The maximum absolute atomic E-state index is 11.6. The number of rotatable bonds is 8. The lowest BCUT2D eigenvalue weighted by Crippen LogP contribution is -2.34. The van der Waals surface area contributed by atoms with Gasteiger partial charge >= 0.3 is 11.9 Å². The van der Waals surface area contributed by atoms with Crippen LogP contribution >= 0.6 is 0 Å². The molecule has 0 amide bonds. The lowest BCUT2D eigenvalue weighted by Gasteiger charge is -2.31. The number of hydrogen-bond donors (Lipinski definition) is 0. The molecule has 148 valence electrons. The summed E-state index contributed by atoms with van der Waals surface area (Å²) < 4.78 is 16.5. The number of hydrogen-bond acceptors (Lipinski definition) is 5. The van der Waals surface area contributed by atoms with Crippen molar-refractivity contribution in [3.05, 3.63) is 36.5 Å². The third kappa shape index (κ3) is 5.55. The summed E-state index contributed by atoms with van der Waals surface area (Å²) in [6, 6.07) is 0. The Hall–Kier alpha value is -1.88. The molecule has 0 bridgehead atoms. The smallest absolute Gasteiger partial charge is 0.306 e. The van der Waals surface area contributed by atoms with Crippen molar-refractivity contribution >= 4 is 11.9 Å². The second-order valence-electron chi connectivity index (χ2n) is 7.57. The monoisotopic (exact) mass is 374 g/mol. The van der Waals surface area contributed by atoms with Crippen LogP contribution in [0.3, 0.4) is 0 Å². The zero-order valence-corrected chi connectivity index (χ0v) is 16.2. The Morgan fingerprint density at radius 3 is 2.89 bits per heavy atom. The molecule has 2 heterocycles. The average molecular weight is 374 g/mol. The largest absolute Gasteiger partial charge is 0.462 e. The van der Waals surface area contributed by atoms with Crippen LogP contribution in [0.1, 0.15) is 52.4 Å².